The molecule has 1 amide bonds. The van der Waals surface area contributed by atoms with Crippen LogP contribution in [0.3, 0.4) is 0 Å². The van der Waals surface area contributed by atoms with Crippen molar-refractivity contribution in [2.75, 3.05) is 53.7 Å². The Labute approximate surface area is 606 Å². The number of amides is 1. The van der Waals surface area contributed by atoms with Gasteiger partial charge in [0.2, 0.25) is 0 Å². The average molecular weight is 1580 g/mol. The molecule has 0 saturated heterocycles. The third-order valence-corrected chi connectivity index (χ3v) is 22.8. The van der Waals surface area contributed by atoms with Crippen LogP contribution in [0.5, 0.6) is 0 Å². The first-order chi connectivity index (χ1) is 47.6. The highest BCUT2D eigenvalue weighted by Gasteiger charge is 2.48. The molecule has 0 saturated carbocycles. The van der Waals surface area contributed by atoms with Gasteiger partial charge in [-0.1, -0.05) is 81.7 Å². The number of alkyl halides is 12. The number of benzene rings is 3. The van der Waals surface area contributed by atoms with Gasteiger partial charge in [-0.05, 0) is 99.0 Å². The van der Waals surface area contributed by atoms with Crippen molar-refractivity contribution >= 4 is 67.0 Å². The Kier molecular flexibility index (Phi) is 33.8. The van der Waals surface area contributed by atoms with Gasteiger partial charge in [0.05, 0.1) is 48.5 Å². The van der Waals surface area contributed by atoms with Crippen LogP contribution in [0.4, 0.5) is 66.3 Å². The number of nitrogens with zero attached hydrogens (tertiary/aromatic N) is 5. The number of nitrogens with one attached hydrogen (secondary N) is 4. The normalized spacial score (nSPS) is 16.8. The second-order valence-electron chi connectivity index (χ2n) is 29.6. The van der Waals surface area contributed by atoms with Crippen LogP contribution >= 0.6 is 0 Å². The number of hydrogen-bond donors (Lipinski definition) is 6. The SMILES string of the molecule is COC[C@@H](NC[C@H](N(Cc1ccccc1)C(=O)O)C(F)(F)F)c1ccc2c(nc([C@@H](N[S+]([O-])C(C)(C)C)[C@@H](C)O[C@H](C)C(F)(F)F)n2COCC[Si](C)(C)C)c1F.COC[C@@H](NC[C@H](N)C(F)(F)F)c1ccc2c(nc([C@@H](N[S+]([O-])C(C)(C)C)[C@@H](C)O[C@H](C)C(F)(F)F)n2COCC[Si](C)(C)C)c1F. The van der Waals surface area contributed by atoms with Gasteiger partial charge in [0.25, 0.3) is 0 Å². The fourth-order valence-electron chi connectivity index (χ4n) is 9.98. The van der Waals surface area contributed by atoms with Gasteiger partial charge < -0.3 is 68.1 Å². The predicted molar refractivity (Wildman–Crippen MR) is 376 cm³/mol. The minimum Gasteiger partial charge on any atom is -0.598 e. The number of methoxy groups -OCH3 is 2. The first kappa shape index (κ1) is 91.9. The molecule has 38 heteroatoms. The standard InChI is InChI=1S/C37H54F7N5O6SSi.C29H48F7N5O4SSi/c1-23(55-24(2)36(39,40)41)31(47-56(52)35(3,4)5)33-46-32-28(49(33)22-54-17-18-57(7,8)9)16-15-26(30(32)38)27(21-53-6)45-19-29(37(42,43)44)48(34(50)51)20-25-13-11-10-12-14-25;1-17(45-18(2)28(31,32)33)24(40-46(42)27(3,4)5)26-39-25-21(41(26)16-44-12-13-47(7,8)9)11-10-19(23(25)30)20(15-43-6)38-14-22(37)29(34,35)36/h10-16,23-24,27,29,31,45,47H,17-22H2,1-9H3,(H,50,51);10-11,17-18,20,22,24,38,40H,12-16,37H2,1-9H3/t23-,24-,27-,29+,31+,56?;17-,18-,20-,22+,24+,46?/m11/s1. The maximum absolute atomic E-state index is 16.8. The van der Waals surface area contributed by atoms with Gasteiger partial charge >= 0.3 is 30.8 Å². The molecule has 594 valence electrons. The van der Waals surface area contributed by atoms with Crippen LogP contribution in [-0.2, 0) is 71.2 Å². The van der Waals surface area contributed by atoms with E-state index in [2.05, 4.69) is 69.3 Å². The van der Waals surface area contributed by atoms with Crippen LogP contribution in [0.1, 0.15) is 122 Å². The maximum atomic E-state index is 16.8. The summed E-state index contributed by atoms with van der Waals surface area (Å²) in [5, 5.41) is 15.1. The van der Waals surface area contributed by atoms with Crippen LogP contribution in [0, 0.1) is 11.6 Å². The van der Waals surface area contributed by atoms with Gasteiger partial charge in [-0.2, -0.15) is 52.7 Å². The number of carbonyl (C=O) groups is 1. The number of carboxylic acid groups (broad SMARTS) is 1. The Morgan fingerprint density at radius 3 is 1.29 bits per heavy atom. The summed E-state index contributed by atoms with van der Waals surface area (Å²) in [5.41, 5.74) is 5.12. The maximum Gasteiger partial charge on any atom is 0.414 e. The Morgan fingerprint density at radius 1 is 0.596 bits per heavy atom. The fraction of sp³-hybridized carbons (Fsp3) is 0.682. The van der Waals surface area contributed by atoms with E-state index >= 15 is 8.78 Å². The molecule has 0 fully saturated rings. The molecule has 7 N–H and O–H groups in total. The Morgan fingerprint density at radius 2 is 0.971 bits per heavy atom. The van der Waals surface area contributed by atoms with Gasteiger partial charge in [0, 0.05) is 97.1 Å². The highest BCUT2D eigenvalue weighted by molar-refractivity contribution is 7.91. The molecule has 0 spiro atoms. The Bertz CT molecular complexity index is 3470. The van der Waals surface area contributed by atoms with E-state index in [1.807, 2.05) is 0 Å². The Balaban J connectivity index is 0.000000449. The lowest BCUT2D eigenvalue weighted by atomic mass is 10.0. The van der Waals surface area contributed by atoms with Gasteiger partial charge in [0.1, 0.15) is 69.8 Å². The first-order valence-electron chi connectivity index (χ1n) is 33.3. The van der Waals surface area contributed by atoms with E-state index in [4.69, 9.17) is 34.2 Å². The second kappa shape index (κ2) is 38.2. The molecule has 5 rings (SSSR count). The third kappa shape index (κ3) is 27.6. The number of imidazole rings is 2. The molecular weight excluding hydrogens is 1480 g/mol. The summed E-state index contributed by atoms with van der Waals surface area (Å²) in [6.45, 7) is 24.6. The molecule has 0 aliphatic heterocycles. The fourth-order valence-corrected chi connectivity index (χ4v) is 13.3. The summed E-state index contributed by atoms with van der Waals surface area (Å²) < 4.78 is 264. The smallest absolute Gasteiger partial charge is 0.414 e. The quantitative estimate of drug-likeness (QED) is 0.00935. The van der Waals surface area contributed by atoms with Gasteiger partial charge in [-0.15, -0.1) is 9.44 Å². The molecule has 20 nitrogen and oxygen atoms in total. The average Bonchev–Trinajstić information content (AvgIpc) is 1.61. The number of nitrogens with two attached hydrogens (primary N) is 1. The number of halogens is 14. The lowest BCUT2D eigenvalue weighted by molar-refractivity contribution is -0.227. The molecule has 3 aromatic carbocycles. The lowest BCUT2D eigenvalue weighted by Crippen LogP contribution is -2.53. The van der Waals surface area contributed by atoms with E-state index in [-0.39, 0.29) is 76.4 Å². The molecule has 2 heterocycles. The van der Waals surface area contributed by atoms with Crippen molar-refractivity contribution < 1.29 is 109 Å². The summed E-state index contributed by atoms with van der Waals surface area (Å²) in [5.74, 6) is -1.94. The zero-order valence-electron chi connectivity index (χ0n) is 61.8. The topological polar surface area (TPSA) is 252 Å². The zero-order valence-corrected chi connectivity index (χ0v) is 65.4. The predicted octanol–water partition coefficient (Wildman–Crippen LogP) is 14.4. The molecule has 0 bridgehead atoms. The monoisotopic (exact) mass is 1580 g/mol. The summed E-state index contributed by atoms with van der Waals surface area (Å²) in [6, 6.07) is 5.26. The third-order valence-electron chi connectivity index (χ3n) is 16.3. The molecule has 12 atom stereocenters. The van der Waals surface area contributed by atoms with E-state index < -0.39 is 171 Å². The van der Waals surface area contributed by atoms with Gasteiger partial charge in [-0.3, -0.25) is 4.90 Å². The molecule has 104 heavy (non-hydrogen) atoms. The van der Waals surface area contributed by atoms with Gasteiger partial charge in [0.15, 0.2) is 23.8 Å². The Hall–Kier alpha value is -4.50. The minimum atomic E-state index is -5.03. The van der Waals surface area contributed by atoms with E-state index in [9.17, 15) is 71.7 Å². The molecule has 2 unspecified atom stereocenters. The van der Waals surface area contributed by atoms with Crippen molar-refractivity contribution in [2.45, 2.75) is 235 Å². The van der Waals surface area contributed by atoms with Crippen molar-refractivity contribution in [3.63, 3.8) is 0 Å². The van der Waals surface area contributed by atoms with Crippen LogP contribution in [0.25, 0.3) is 22.1 Å². The number of aromatic nitrogens is 4. The summed E-state index contributed by atoms with van der Waals surface area (Å²) >= 11 is -3.72. The van der Waals surface area contributed by atoms with Crippen LogP contribution in [0.15, 0.2) is 54.6 Å². The van der Waals surface area contributed by atoms with Crippen molar-refractivity contribution in [2.24, 2.45) is 5.73 Å². The second-order valence-corrected chi connectivity index (χ2v) is 44.8. The van der Waals surface area contributed by atoms with E-state index in [0.29, 0.717) is 18.8 Å². The highest BCUT2D eigenvalue weighted by atomic mass is 32.2. The van der Waals surface area contributed by atoms with E-state index in [1.165, 1.54) is 73.6 Å². The first-order valence-corrected chi connectivity index (χ1v) is 43.1. The van der Waals surface area contributed by atoms with Crippen LogP contribution in [-0.4, -0.2) is 185 Å². The zero-order chi connectivity index (χ0) is 79.2. The molecule has 0 radical (unpaired) electrons. The van der Waals surface area contributed by atoms with Crippen molar-refractivity contribution in [3.05, 3.63) is 94.6 Å². The van der Waals surface area contributed by atoms with Crippen molar-refractivity contribution in [1.82, 2.24) is 44.1 Å². The molecule has 0 aliphatic rings. The van der Waals surface area contributed by atoms with E-state index in [1.54, 1.807) is 59.7 Å². The summed E-state index contributed by atoms with van der Waals surface area (Å²) in [6.07, 6.45) is -28.0. The molecule has 0 aliphatic carbocycles. The largest absolute Gasteiger partial charge is 0.598 e. The molecule has 5 aromatic rings. The molecular formula is C66H102F14N10O10S2Si2. The minimum absolute atomic E-state index is 0.00104. The number of fused-ring (bicyclic) bond motifs is 2. The number of rotatable bonds is 37. The van der Waals surface area contributed by atoms with Crippen molar-refractivity contribution in [1.29, 1.82) is 0 Å². The van der Waals surface area contributed by atoms with E-state index in [0.717, 1.165) is 25.9 Å². The highest BCUT2D eigenvalue weighted by Crippen LogP contribution is 2.37. The lowest BCUT2D eigenvalue weighted by Gasteiger charge is -2.32. The summed E-state index contributed by atoms with van der Waals surface area (Å²) in [7, 11) is -0.540. The summed E-state index contributed by atoms with van der Waals surface area (Å²) in [4.78, 5) is 21.4. The van der Waals surface area contributed by atoms with Crippen LogP contribution in [0.2, 0.25) is 51.4 Å². The number of hydrogen-bond acceptors (Lipinski definition) is 16. The van der Waals surface area contributed by atoms with Crippen LogP contribution < -0.4 is 25.8 Å². The number of ether oxygens (including phenoxy) is 6. The van der Waals surface area contributed by atoms with Crippen molar-refractivity contribution in [3.8, 4) is 0 Å². The van der Waals surface area contributed by atoms with Gasteiger partial charge in [-0.25, -0.2) is 23.5 Å². The molecule has 2 aromatic heterocycles.